The summed E-state index contributed by atoms with van der Waals surface area (Å²) in [5.41, 5.74) is 5.31. The number of halogens is 1. The van der Waals surface area contributed by atoms with Gasteiger partial charge in [-0.05, 0) is 68.0 Å². The summed E-state index contributed by atoms with van der Waals surface area (Å²) >= 11 is 3.47. The van der Waals surface area contributed by atoms with Gasteiger partial charge in [-0.2, -0.15) is 0 Å². The number of rotatable bonds is 10. The van der Waals surface area contributed by atoms with Gasteiger partial charge in [-0.15, -0.1) is 0 Å². The molecular weight excluding hydrogens is 522 g/mol. The van der Waals surface area contributed by atoms with E-state index in [0.717, 1.165) is 44.8 Å². The van der Waals surface area contributed by atoms with Crippen molar-refractivity contribution in [3.63, 3.8) is 0 Å². The molecule has 3 N–H and O–H groups in total. The van der Waals surface area contributed by atoms with Crippen molar-refractivity contribution in [2.24, 2.45) is 0 Å². The Morgan fingerprint density at radius 1 is 1.06 bits per heavy atom. The highest BCUT2D eigenvalue weighted by atomic mass is 79.9. The van der Waals surface area contributed by atoms with Crippen LogP contribution in [0.15, 0.2) is 71.2 Å². The molecule has 186 valence electrons. The molecule has 1 aliphatic heterocycles. The lowest BCUT2D eigenvalue weighted by atomic mass is 9.98. The molecule has 1 amide bonds. The van der Waals surface area contributed by atoms with E-state index in [0.29, 0.717) is 24.3 Å². The lowest BCUT2D eigenvalue weighted by Crippen LogP contribution is -2.19. The molecule has 0 aliphatic carbocycles. The second-order valence-electron chi connectivity index (χ2n) is 8.79. The van der Waals surface area contributed by atoms with Gasteiger partial charge in [0.15, 0.2) is 0 Å². The topological polar surface area (TPSA) is 90.9 Å². The molecule has 0 saturated heterocycles. The zero-order valence-corrected chi connectivity index (χ0v) is 21.8. The van der Waals surface area contributed by atoms with E-state index in [4.69, 9.17) is 9.84 Å². The zero-order valence-electron chi connectivity index (χ0n) is 20.2. The van der Waals surface area contributed by atoms with Crippen LogP contribution in [0.2, 0.25) is 0 Å². The molecule has 0 fully saturated rings. The van der Waals surface area contributed by atoms with E-state index >= 15 is 0 Å². The Kier molecular flexibility index (Phi) is 8.07. The Balaban J connectivity index is 1.67. The van der Waals surface area contributed by atoms with E-state index in [-0.39, 0.29) is 12.3 Å². The standard InChI is InChI=1S/C28H28BrN3O4/c1-32(2)15-16-36-22-11-9-21(10-12-22)30-27(19-6-3-18(4-7-19)5-14-25(33)34)26-23-13-8-20(29)17-24(23)31-28(26)35/h3-4,6-13,17,30H,5,14-16H2,1-2H3,(H,31,35)(H,33,34)/b27-26-. The summed E-state index contributed by atoms with van der Waals surface area (Å²) in [6.45, 7) is 1.42. The number of ether oxygens (including phenoxy) is 1. The first-order chi connectivity index (χ1) is 17.3. The molecule has 7 nitrogen and oxygen atoms in total. The van der Waals surface area contributed by atoms with Gasteiger partial charge in [0.05, 0.1) is 17.0 Å². The zero-order chi connectivity index (χ0) is 25.7. The van der Waals surface area contributed by atoms with Gasteiger partial charge in [-0.3, -0.25) is 9.59 Å². The van der Waals surface area contributed by atoms with Crippen molar-refractivity contribution < 1.29 is 19.4 Å². The number of amides is 1. The number of fused-ring (bicyclic) bond motifs is 1. The number of nitrogens with one attached hydrogen (secondary N) is 2. The molecule has 0 spiro atoms. The number of carboxylic acid groups (broad SMARTS) is 1. The maximum atomic E-state index is 13.1. The van der Waals surface area contributed by atoms with E-state index in [1.54, 1.807) is 0 Å². The Morgan fingerprint density at radius 3 is 2.44 bits per heavy atom. The third kappa shape index (κ3) is 6.33. The maximum Gasteiger partial charge on any atom is 0.303 e. The first kappa shape index (κ1) is 25.5. The van der Waals surface area contributed by atoms with Gasteiger partial charge < -0.3 is 25.4 Å². The van der Waals surface area contributed by atoms with Crippen molar-refractivity contribution >= 4 is 50.5 Å². The molecule has 0 aromatic heterocycles. The van der Waals surface area contributed by atoms with Crippen LogP contribution in [0.5, 0.6) is 5.75 Å². The van der Waals surface area contributed by atoms with E-state index < -0.39 is 5.97 Å². The minimum atomic E-state index is -0.830. The highest BCUT2D eigenvalue weighted by Crippen LogP contribution is 2.39. The van der Waals surface area contributed by atoms with Gasteiger partial charge in [0.2, 0.25) is 0 Å². The number of likely N-dealkylation sites (N-methyl/N-ethyl adjacent to an activating group) is 1. The first-order valence-corrected chi connectivity index (χ1v) is 12.4. The minimum Gasteiger partial charge on any atom is -0.492 e. The van der Waals surface area contributed by atoms with Crippen LogP contribution in [-0.4, -0.2) is 49.1 Å². The van der Waals surface area contributed by atoms with Crippen molar-refractivity contribution in [3.05, 3.63) is 87.9 Å². The number of hydrogen-bond donors (Lipinski definition) is 3. The fourth-order valence-corrected chi connectivity index (χ4v) is 4.25. The van der Waals surface area contributed by atoms with Crippen molar-refractivity contribution in [3.8, 4) is 5.75 Å². The summed E-state index contributed by atoms with van der Waals surface area (Å²) < 4.78 is 6.68. The Bertz CT molecular complexity index is 1290. The predicted octanol–water partition coefficient (Wildman–Crippen LogP) is 5.34. The van der Waals surface area contributed by atoms with Gasteiger partial charge in [-0.25, -0.2) is 0 Å². The number of anilines is 2. The lowest BCUT2D eigenvalue weighted by molar-refractivity contribution is -0.137. The Hall–Kier alpha value is -3.62. The second-order valence-corrected chi connectivity index (χ2v) is 9.70. The fourth-order valence-electron chi connectivity index (χ4n) is 3.89. The number of carbonyl (C=O) groups excluding carboxylic acids is 1. The summed E-state index contributed by atoms with van der Waals surface area (Å²) in [7, 11) is 4.00. The average molecular weight is 550 g/mol. The molecule has 0 atom stereocenters. The highest BCUT2D eigenvalue weighted by molar-refractivity contribution is 9.10. The first-order valence-electron chi connectivity index (χ1n) is 11.6. The van der Waals surface area contributed by atoms with Gasteiger partial charge in [0.25, 0.3) is 5.91 Å². The molecule has 8 heteroatoms. The predicted molar refractivity (Wildman–Crippen MR) is 146 cm³/mol. The molecule has 3 aromatic rings. The van der Waals surface area contributed by atoms with Crippen LogP contribution >= 0.6 is 15.9 Å². The number of hydrogen-bond acceptors (Lipinski definition) is 5. The molecule has 36 heavy (non-hydrogen) atoms. The number of aryl methyl sites for hydroxylation is 1. The summed E-state index contributed by atoms with van der Waals surface area (Å²) in [6, 6.07) is 21.0. The molecular formula is C28H28BrN3O4. The van der Waals surface area contributed by atoms with Crippen LogP contribution in [0.25, 0.3) is 11.3 Å². The van der Waals surface area contributed by atoms with Gasteiger partial charge >= 0.3 is 5.97 Å². The molecule has 1 heterocycles. The quantitative estimate of drug-likeness (QED) is 0.296. The SMILES string of the molecule is CN(C)CCOc1ccc(N/C(=C2\C(=O)Nc3cc(Br)ccc32)c2ccc(CCC(=O)O)cc2)cc1. The van der Waals surface area contributed by atoms with E-state index in [1.165, 1.54) is 0 Å². The van der Waals surface area contributed by atoms with Crippen molar-refractivity contribution in [1.82, 2.24) is 4.90 Å². The average Bonchev–Trinajstić information content (AvgIpc) is 3.16. The van der Waals surface area contributed by atoms with Gasteiger partial charge in [-0.1, -0.05) is 46.3 Å². The molecule has 0 saturated carbocycles. The minimum absolute atomic E-state index is 0.0686. The van der Waals surface area contributed by atoms with Crippen LogP contribution in [-0.2, 0) is 16.0 Å². The van der Waals surface area contributed by atoms with Crippen LogP contribution in [0.1, 0.15) is 23.1 Å². The second kappa shape index (κ2) is 11.4. The van der Waals surface area contributed by atoms with Gasteiger partial charge in [0.1, 0.15) is 12.4 Å². The number of carboxylic acids is 1. The third-order valence-corrected chi connectivity index (χ3v) is 6.27. The Labute approximate surface area is 218 Å². The maximum absolute atomic E-state index is 13.1. The highest BCUT2D eigenvalue weighted by Gasteiger charge is 2.28. The van der Waals surface area contributed by atoms with Crippen molar-refractivity contribution in [2.75, 3.05) is 37.9 Å². The van der Waals surface area contributed by atoms with E-state index in [2.05, 4.69) is 31.5 Å². The summed E-state index contributed by atoms with van der Waals surface area (Å²) in [6.07, 6.45) is 0.515. The van der Waals surface area contributed by atoms with Crippen LogP contribution in [0, 0.1) is 0 Å². The summed E-state index contributed by atoms with van der Waals surface area (Å²) in [5, 5.41) is 15.4. The third-order valence-electron chi connectivity index (χ3n) is 5.78. The summed E-state index contributed by atoms with van der Waals surface area (Å²) in [5.74, 6) is -0.250. The molecule has 3 aromatic carbocycles. The monoisotopic (exact) mass is 549 g/mol. The summed E-state index contributed by atoms with van der Waals surface area (Å²) in [4.78, 5) is 26.1. The molecule has 0 radical (unpaired) electrons. The van der Waals surface area contributed by atoms with Crippen LogP contribution < -0.4 is 15.4 Å². The van der Waals surface area contributed by atoms with E-state index in [1.807, 2.05) is 80.8 Å². The van der Waals surface area contributed by atoms with Crippen molar-refractivity contribution in [2.45, 2.75) is 12.8 Å². The van der Waals surface area contributed by atoms with Crippen molar-refractivity contribution in [1.29, 1.82) is 0 Å². The molecule has 4 rings (SSSR count). The molecule has 0 unspecified atom stereocenters. The van der Waals surface area contributed by atoms with Crippen LogP contribution in [0.3, 0.4) is 0 Å². The van der Waals surface area contributed by atoms with E-state index in [9.17, 15) is 9.59 Å². The van der Waals surface area contributed by atoms with Crippen LogP contribution in [0.4, 0.5) is 11.4 Å². The normalized spacial score (nSPS) is 13.8. The lowest BCUT2D eigenvalue weighted by Gasteiger charge is -2.16. The smallest absolute Gasteiger partial charge is 0.303 e. The van der Waals surface area contributed by atoms with Gasteiger partial charge in [0, 0.05) is 28.7 Å². The molecule has 1 aliphatic rings. The largest absolute Gasteiger partial charge is 0.492 e. The number of aliphatic carboxylic acids is 1. The number of benzene rings is 3. The number of nitrogens with zero attached hydrogens (tertiary/aromatic N) is 1. The number of carbonyl (C=O) groups is 2. The fraction of sp³-hybridized carbons (Fsp3) is 0.214. The molecule has 0 bridgehead atoms. The Morgan fingerprint density at radius 2 is 1.78 bits per heavy atom.